The molecule has 0 radical (unpaired) electrons. The van der Waals surface area contributed by atoms with Crippen molar-refractivity contribution in [1.29, 1.82) is 0 Å². The van der Waals surface area contributed by atoms with Gasteiger partial charge in [0, 0.05) is 6.42 Å². The van der Waals surface area contributed by atoms with E-state index in [4.69, 9.17) is 4.52 Å². The Morgan fingerprint density at radius 3 is 3.05 bits per heavy atom. The van der Waals surface area contributed by atoms with E-state index in [1.54, 1.807) is 11.3 Å². The Kier molecular flexibility index (Phi) is 3.83. The van der Waals surface area contributed by atoms with Crippen molar-refractivity contribution in [3.63, 3.8) is 0 Å². The van der Waals surface area contributed by atoms with Crippen LogP contribution in [0, 0.1) is 0 Å². The lowest BCUT2D eigenvalue weighted by Gasteiger charge is -2.00. The fourth-order valence-corrected chi connectivity index (χ4v) is 3.03. The van der Waals surface area contributed by atoms with Gasteiger partial charge in [0.25, 0.3) is 0 Å². The predicted octanol–water partition coefficient (Wildman–Crippen LogP) is 3.33. The number of aromatic amines is 1. The van der Waals surface area contributed by atoms with E-state index in [1.807, 2.05) is 31.4 Å². The SMILES string of the molecule is CCc1noc(C(C)Sc2n[nH]c(-c3cccs3)n2)n1. The quantitative estimate of drug-likeness (QED) is 0.728. The van der Waals surface area contributed by atoms with Crippen LogP contribution in [0.25, 0.3) is 10.7 Å². The maximum Gasteiger partial charge on any atom is 0.239 e. The highest BCUT2D eigenvalue weighted by Crippen LogP contribution is 2.33. The van der Waals surface area contributed by atoms with Crippen molar-refractivity contribution in [2.45, 2.75) is 30.7 Å². The number of rotatable bonds is 5. The standard InChI is InChI=1S/C12H13N5OS2/c1-3-9-13-11(18-17-9)7(2)20-12-14-10(15-16-12)8-5-4-6-19-8/h4-7H,3H2,1-2H3,(H,14,15,16). The van der Waals surface area contributed by atoms with Crippen LogP contribution in [0.1, 0.15) is 30.8 Å². The van der Waals surface area contributed by atoms with E-state index in [9.17, 15) is 0 Å². The molecule has 0 aliphatic carbocycles. The zero-order valence-corrected chi connectivity index (χ0v) is 12.7. The van der Waals surface area contributed by atoms with E-state index in [0.717, 1.165) is 22.9 Å². The van der Waals surface area contributed by atoms with Crippen LogP contribution in [-0.2, 0) is 6.42 Å². The summed E-state index contributed by atoms with van der Waals surface area (Å²) < 4.78 is 5.22. The topological polar surface area (TPSA) is 80.5 Å². The summed E-state index contributed by atoms with van der Waals surface area (Å²) in [6.45, 7) is 3.99. The molecule has 0 amide bonds. The van der Waals surface area contributed by atoms with Gasteiger partial charge in [-0.1, -0.05) is 29.9 Å². The Labute approximate surface area is 124 Å². The van der Waals surface area contributed by atoms with Crippen molar-refractivity contribution in [3.8, 4) is 10.7 Å². The van der Waals surface area contributed by atoms with Crippen LogP contribution in [0.4, 0.5) is 0 Å². The molecule has 3 aromatic rings. The second kappa shape index (κ2) is 5.76. The summed E-state index contributed by atoms with van der Waals surface area (Å²) in [6, 6.07) is 4.00. The van der Waals surface area contributed by atoms with Gasteiger partial charge < -0.3 is 4.52 Å². The summed E-state index contributed by atoms with van der Waals surface area (Å²) in [5, 5.41) is 13.8. The number of aromatic nitrogens is 5. The lowest BCUT2D eigenvalue weighted by Crippen LogP contribution is -1.90. The van der Waals surface area contributed by atoms with Gasteiger partial charge >= 0.3 is 0 Å². The van der Waals surface area contributed by atoms with Crippen LogP contribution < -0.4 is 0 Å². The molecule has 1 atom stereocenters. The van der Waals surface area contributed by atoms with Crippen LogP contribution in [0.15, 0.2) is 27.2 Å². The molecule has 0 saturated carbocycles. The molecular weight excluding hydrogens is 294 g/mol. The number of thiophene rings is 1. The van der Waals surface area contributed by atoms with Crippen LogP contribution in [-0.4, -0.2) is 25.3 Å². The molecule has 3 aromatic heterocycles. The molecule has 8 heteroatoms. The van der Waals surface area contributed by atoms with Crippen LogP contribution in [0.2, 0.25) is 0 Å². The fraction of sp³-hybridized carbons (Fsp3) is 0.333. The first-order chi connectivity index (χ1) is 9.76. The summed E-state index contributed by atoms with van der Waals surface area (Å²) in [5.41, 5.74) is 0. The van der Waals surface area contributed by atoms with Crippen molar-refractivity contribution in [1.82, 2.24) is 25.3 Å². The molecule has 0 aliphatic rings. The van der Waals surface area contributed by atoms with Gasteiger partial charge in [-0.2, -0.15) is 4.98 Å². The summed E-state index contributed by atoms with van der Waals surface area (Å²) in [6.07, 6.45) is 0.768. The van der Waals surface area contributed by atoms with Gasteiger partial charge in [0.15, 0.2) is 11.6 Å². The monoisotopic (exact) mass is 307 g/mol. The van der Waals surface area contributed by atoms with Gasteiger partial charge in [0.1, 0.15) is 0 Å². The third kappa shape index (κ3) is 2.75. The Morgan fingerprint density at radius 1 is 1.45 bits per heavy atom. The van der Waals surface area contributed by atoms with Gasteiger partial charge in [-0.15, -0.1) is 16.4 Å². The minimum absolute atomic E-state index is 0.0229. The van der Waals surface area contributed by atoms with E-state index in [0.29, 0.717) is 11.0 Å². The maximum absolute atomic E-state index is 5.22. The zero-order chi connectivity index (χ0) is 13.9. The molecular formula is C12H13N5OS2. The van der Waals surface area contributed by atoms with E-state index in [1.165, 1.54) is 11.8 Å². The fourth-order valence-electron chi connectivity index (χ4n) is 1.61. The molecule has 1 unspecified atom stereocenters. The summed E-state index contributed by atoms with van der Waals surface area (Å²) in [4.78, 5) is 9.85. The first kappa shape index (κ1) is 13.3. The van der Waals surface area contributed by atoms with Crippen LogP contribution in [0.3, 0.4) is 0 Å². The number of aryl methyl sites for hydroxylation is 1. The largest absolute Gasteiger partial charge is 0.338 e. The first-order valence-corrected chi connectivity index (χ1v) is 7.97. The van der Waals surface area contributed by atoms with Gasteiger partial charge in [-0.05, 0) is 18.4 Å². The molecule has 3 rings (SSSR count). The van der Waals surface area contributed by atoms with E-state index in [2.05, 4.69) is 25.3 Å². The molecule has 0 bridgehead atoms. The average Bonchev–Trinajstić information content (AvgIpc) is 3.19. The second-order valence-corrected chi connectivity index (χ2v) is 6.36. The Hall–Kier alpha value is -1.67. The smallest absolute Gasteiger partial charge is 0.239 e. The number of thioether (sulfide) groups is 1. The molecule has 20 heavy (non-hydrogen) atoms. The van der Waals surface area contributed by atoms with Gasteiger partial charge in [-0.25, -0.2) is 4.98 Å². The van der Waals surface area contributed by atoms with E-state index >= 15 is 0 Å². The number of H-pyrrole nitrogens is 1. The van der Waals surface area contributed by atoms with Crippen LogP contribution in [0.5, 0.6) is 0 Å². The highest BCUT2D eigenvalue weighted by molar-refractivity contribution is 7.99. The third-order valence-electron chi connectivity index (χ3n) is 2.65. The van der Waals surface area contributed by atoms with Crippen LogP contribution >= 0.6 is 23.1 Å². The van der Waals surface area contributed by atoms with Crippen molar-refractivity contribution in [2.75, 3.05) is 0 Å². The Morgan fingerprint density at radius 2 is 2.35 bits per heavy atom. The van der Waals surface area contributed by atoms with Gasteiger partial charge in [0.2, 0.25) is 11.0 Å². The van der Waals surface area contributed by atoms with Gasteiger partial charge in [-0.3, -0.25) is 5.10 Å². The second-order valence-electron chi connectivity index (χ2n) is 4.11. The Balaban J connectivity index is 1.71. The predicted molar refractivity (Wildman–Crippen MR) is 77.6 cm³/mol. The minimum atomic E-state index is 0.0229. The molecule has 3 heterocycles. The summed E-state index contributed by atoms with van der Waals surface area (Å²) >= 11 is 3.12. The number of hydrogen-bond acceptors (Lipinski definition) is 7. The molecule has 0 aliphatic heterocycles. The molecule has 0 spiro atoms. The lowest BCUT2D eigenvalue weighted by atomic mass is 10.4. The lowest BCUT2D eigenvalue weighted by molar-refractivity contribution is 0.375. The average molecular weight is 307 g/mol. The first-order valence-electron chi connectivity index (χ1n) is 6.21. The van der Waals surface area contributed by atoms with Crippen molar-refractivity contribution >= 4 is 23.1 Å². The maximum atomic E-state index is 5.22. The highest BCUT2D eigenvalue weighted by Gasteiger charge is 2.18. The summed E-state index contributed by atoms with van der Waals surface area (Å²) in [5.74, 6) is 2.12. The zero-order valence-electron chi connectivity index (χ0n) is 11.0. The third-order valence-corrected chi connectivity index (χ3v) is 4.47. The molecule has 0 aromatic carbocycles. The molecule has 1 N–H and O–H groups in total. The van der Waals surface area contributed by atoms with E-state index < -0.39 is 0 Å². The Bertz CT molecular complexity index is 676. The molecule has 0 fully saturated rings. The van der Waals surface area contributed by atoms with Gasteiger partial charge in [0.05, 0.1) is 10.1 Å². The molecule has 0 saturated heterocycles. The number of hydrogen-bond donors (Lipinski definition) is 1. The normalized spacial score (nSPS) is 12.7. The van der Waals surface area contributed by atoms with Crippen molar-refractivity contribution < 1.29 is 4.52 Å². The molecule has 104 valence electrons. The number of nitrogens with one attached hydrogen (secondary N) is 1. The minimum Gasteiger partial charge on any atom is -0.338 e. The van der Waals surface area contributed by atoms with Crippen molar-refractivity contribution in [2.24, 2.45) is 0 Å². The summed E-state index contributed by atoms with van der Waals surface area (Å²) in [7, 11) is 0. The number of nitrogens with zero attached hydrogens (tertiary/aromatic N) is 4. The highest BCUT2D eigenvalue weighted by atomic mass is 32.2. The van der Waals surface area contributed by atoms with E-state index in [-0.39, 0.29) is 5.25 Å². The molecule has 6 nitrogen and oxygen atoms in total. The van der Waals surface area contributed by atoms with Crippen molar-refractivity contribution in [3.05, 3.63) is 29.2 Å².